The SMILES string of the molecule is COc1cccc(OC)c1C1CC(C)C(=O)N1Cc1ccc2nc(C)sc2c1. The molecule has 2 heterocycles. The molecule has 3 aromatic rings. The molecule has 1 saturated heterocycles. The molecule has 28 heavy (non-hydrogen) atoms. The van der Waals surface area contributed by atoms with Crippen molar-refractivity contribution in [3.63, 3.8) is 0 Å². The van der Waals surface area contributed by atoms with Gasteiger partial charge in [-0.05, 0) is 43.2 Å². The van der Waals surface area contributed by atoms with Crippen LogP contribution >= 0.6 is 11.3 Å². The zero-order valence-electron chi connectivity index (χ0n) is 16.6. The first-order valence-corrected chi connectivity index (χ1v) is 10.2. The van der Waals surface area contributed by atoms with Crippen molar-refractivity contribution < 1.29 is 14.3 Å². The van der Waals surface area contributed by atoms with E-state index in [-0.39, 0.29) is 17.9 Å². The smallest absolute Gasteiger partial charge is 0.226 e. The van der Waals surface area contributed by atoms with E-state index >= 15 is 0 Å². The number of hydrogen-bond acceptors (Lipinski definition) is 5. The highest BCUT2D eigenvalue weighted by Gasteiger charge is 2.40. The second-order valence-electron chi connectivity index (χ2n) is 7.23. The first kappa shape index (κ1) is 18.7. The van der Waals surface area contributed by atoms with Crippen LogP contribution in [0.15, 0.2) is 36.4 Å². The van der Waals surface area contributed by atoms with E-state index in [1.807, 2.05) is 43.0 Å². The lowest BCUT2D eigenvalue weighted by Crippen LogP contribution is -2.29. The molecule has 0 N–H and O–H groups in total. The number of nitrogens with zero attached hydrogens (tertiary/aromatic N) is 2. The standard InChI is InChI=1S/C22H24N2O3S/c1-13-10-17(21-18(26-3)6-5-7-19(21)27-4)24(22(13)25)12-15-8-9-16-20(11-15)28-14(2)23-16/h5-9,11,13,17H,10,12H2,1-4H3. The lowest BCUT2D eigenvalue weighted by molar-refractivity contribution is -0.132. The van der Waals surface area contributed by atoms with Crippen molar-refractivity contribution in [2.45, 2.75) is 32.9 Å². The number of ether oxygens (including phenoxy) is 2. The molecule has 0 bridgehead atoms. The van der Waals surface area contributed by atoms with Gasteiger partial charge in [0.1, 0.15) is 11.5 Å². The van der Waals surface area contributed by atoms with E-state index in [9.17, 15) is 4.79 Å². The summed E-state index contributed by atoms with van der Waals surface area (Å²) in [5.74, 6) is 1.64. The van der Waals surface area contributed by atoms with Gasteiger partial charge in [0.05, 0.1) is 41.0 Å². The maximum Gasteiger partial charge on any atom is 0.226 e. The molecular formula is C22H24N2O3S. The molecule has 4 rings (SSSR count). The number of aromatic nitrogens is 1. The van der Waals surface area contributed by atoms with Crippen LogP contribution in [-0.2, 0) is 11.3 Å². The molecule has 2 unspecified atom stereocenters. The number of rotatable bonds is 5. The molecule has 5 nitrogen and oxygen atoms in total. The minimum atomic E-state index is -0.0764. The third-order valence-electron chi connectivity index (χ3n) is 5.37. The quantitative estimate of drug-likeness (QED) is 0.626. The van der Waals surface area contributed by atoms with Crippen molar-refractivity contribution in [3.8, 4) is 11.5 Å². The number of carbonyl (C=O) groups excluding carboxylic acids is 1. The molecule has 1 aliphatic rings. The van der Waals surface area contributed by atoms with Crippen LogP contribution in [0, 0.1) is 12.8 Å². The Bertz CT molecular complexity index is 1010. The van der Waals surface area contributed by atoms with E-state index in [4.69, 9.17) is 9.47 Å². The summed E-state index contributed by atoms with van der Waals surface area (Å²) in [5.41, 5.74) is 3.06. The molecule has 1 aliphatic heterocycles. The van der Waals surface area contributed by atoms with Gasteiger partial charge in [-0.2, -0.15) is 0 Å². The number of amides is 1. The Morgan fingerprint density at radius 1 is 1.18 bits per heavy atom. The molecule has 1 amide bonds. The number of hydrogen-bond donors (Lipinski definition) is 0. The number of likely N-dealkylation sites (tertiary alicyclic amines) is 1. The van der Waals surface area contributed by atoms with Crippen LogP contribution in [0.25, 0.3) is 10.2 Å². The van der Waals surface area contributed by atoms with Crippen molar-refractivity contribution in [1.29, 1.82) is 0 Å². The van der Waals surface area contributed by atoms with Crippen molar-refractivity contribution in [2.24, 2.45) is 5.92 Å². The average Bonchev–Trinajstić information content (AvgIpc) is 3.20. The monoisotopic (exact) mass is 396 g/mol. The average molecular weight is 397 g/mol. The zero-order valence-corrected chi connectivity index (χ0v) is 17.4. The largest absolute Gasteiger partial charge is 0.496 e. The summed E-state index contributed by atoms with van der Waals surface area (Å²) in [7, 11) is 3.31. The molecule has 0 spiro atoms. The van der Waals surface area contributed by atoms with Crippen LogP contribution in [0.4, 0.5) is 0 Å². The summed E-state index contributed by atoms with van der Waals surface area (Å²) >= 11 is 1.68. The van der Waals surface area contributed by atoms with Crippen molar-refractivity contribution >= 4 is 27.5 Å². The number of aryl methyl sites for hydroxylation is 1. The molecule has 2 aromatic carbocycles. The van der Waals surface area contributed by atoms with Crippen LogP contribution in [0.2, 0.25) is 0 Å². The predicted octanol–water partition coefficient (Wildman–Crippen LogP) is 4.73. The molecule has 2 atom stereocenters. The summed E-state index contributed by atoms with van der Waals surface area (Å²) in [6.45, 7) is 4.56. The van der Waals surface area contributed by atoms with Crippen LogP contribution in [0.3, 0.4) is 0 Å². The Hall–Kier alpha value is -2.60. The Balaban J connectivity index is 1.72. The van der Waals surface area contributed by atoms with Gasteiger partial charge in [0, 0.05) is 12.5 Å². The van der Waals surface area contributed by atoms with Gasteiger partial charge in [-0.25, -0.2) is 4.98 Å². The zero-order chi connectivity index (χ0) is 19.8. The summed E-state index contributed by atoms with van der Waals surface area (Å²) < 4.78 is 12.4. The Morgan fingerprint density at radius 2 is 1.89 bits per heavy atom. The van der Waals surface area contributed by atoms with Gasteiger partial charge >= 0.3 is 0 Å². The molecule has 1 fully saturated rings. The van der Waals surface area contributed by atoms with Gasteiger partial charge in [-0.15, -0.1) is 11.3 Å². The van der Waals surface area contributed by atoms with Crippen LogP contribution in [0.5, 0.6) is 11.5 Å². The van der Waals surface area contributed by atoms with Crippen molar-refractivity contribution in [3.05, 3.63) is 52.5 Å². The van der Waals surface area contributed by atoms with Crippen LogP contribution < -0.4 is 9.47 Å². The molecule has 0 saturated carbocycles. The van der Waals surface area contributed by atoms with Gasteiger partial charge in [0.15, 0.2) is 0 Å². The first-order chi connectivity index (χ1) is 13.5. The summed E-state index contributed by atoms with van der Waals surface area (Å²) in [6, 6.07) is 11.9. The van der Waals surface area contributed by atoms with Crippen LogP contribution in [-0.4, -0.2) is 30.0 Å². The molecule has 0 radical (unpaired) electrons. The predicted molar refractivity (Wildman–Crippen MR) is 111 cm³/mol. The van der Waals surface area contributed by atoms with Crippen molar-refractivity contribution in [2.75, 3.05) is 14.2 Å². The number of benzene rings is 2. The van der Waals surface area contributed by atoms with E-state index < -0.39 is 0 Å². The lowest BCUT2D eigenvalue weighted by Gasteiger charge is -2.28. The molecule has 146 valence electrons. The topological polar surface area (TPSA) is 51.7 Å². The van der Waals surface area contributed by atoms with Gasteiger partial charge < -0.3 is 14.4 Å². The summed E-state index contributed by atoms with van der Waals surface area (Å²) in [5, 5.41) is 1.05. The minimum absolute atomic E-state index is 0.0333. The fourth-order valence-electron chi connectivity index (χ4n) is 4.05. The third kappa shape index (κ3) is 3.22. The van der Waals surface area contributed by atoms with E-state index in [0.29, 0.717) is 6.54 Å². The lowest BCUT2D eigenvalue weighted by atomic mass is 9.98. The third-order valence-corrected chi connectivity index (χ3v) is 6.30. The Labute approximate surface area is 168 Å². The van der Waals surface area contributed by atoms with E-state index in [0.717, 1.165) is 44.3 Å². The highest BCUT2D eigenvalue weighted by Crippen LogP contribution is 2.45. The molecule has 0 aliphatic carbocycles. The number of carbonyl (C=O) groups is 1. The first-order valence-electron chi connectivity index (χ1n) is 9.39. The number of fused-ring (bicyclic) bond motifs is 1. The molecule has 6 heteroatoms. The van der Waals surface area contributed by atoms with E-state index in [1.165, 1.54) is 0 Å². The highest BCUT2D eigenvalue weighted by molar-refractivity contribution is 7.18. The maximum absolute atomic E-state index is 13.0. The van der Waals surface area contributed by atoms with E-state index in [1.54, 1.807) is 25.6 Å². The Morgan fingerprint density at radius 3 is 2.57 bits per heavy atom. The van der Waals surface area contributed by atoms with Gasteiger partial charge in [-0.3, -0.25) is 4.79 Å². The Kier molecular flexibility index (Phi) is 4.98. The number of thiazole rings is 1. The van der Waals surface area contributed by atoms with E-state index in [2.05, 4.69) is 17.1 Å². The van der Waals surface area contributed by atoms with Gasteiger partial charge in [0.2, 0.25) is 5.91 Å². The number of methoxy groups -OCH3 is 2. The fourth-order valence-corrected chi connectivity index (χ4v) is 4.94. The van der Waals surface area contributed by atoms with Crippen molar-refractivity contribution in [1.82, 2.24) is 9.88 Å². The maximum atomic E-state index is 13.0. The second kappa shape index (κ2) is 7.43. The normalized spacial score (nSPS) is 19.4. The molecule has 1 aromatic heterocycles. The second-order valence-corrected chi connectivity index (χ2v) is 8.46. The summed E-state index contributed by atoms with van der Waals surface area (Å²) in [4.78, 5) is 19.5. The van der Waals surface area contributed by atoms with Crippen LogP contribution in [0.1, 0.15) is 35.5 Å². The summed E-state index contributed by atoms with van der Waals surface area (Å²) in [6.07, 6.45) is 0.747. The minimum Gasteiger partial charge on any atom is -0.496 e. The van der Waals surface area contributed by atoms with Gasteiger partial charge in [-0.1, -0.05) is 19.1 Å². The highest BCUT2D eigenvalue weighted by atomic mass is 32.1. The fraction of sp³-hybridized carbons (Fsp3) is 0.364. The molecular weight excluding hydrogens is 372 g/mol. The van der Waals surface area contributed by atoms with Gasteiger partial charge in [0.25, 0.3) is 0 Å².